The predicted molar refractivity (Wildman–Crippen MR) is 107 cm³/mol. The highest BCUT2D eigenvalue weighted by Crippen LogP contribution is 2.36. The molecule has 146 valence electrons. The van der Waals surface area contributed by atoms with E-state index in [0.717, 1.165) is 0 Å². The summed E-state index contributed by atoms with van der Waals surface area (Å²) in [4.78, 5) is 25.2. The highest BCUT2D eigenvalue weighted by atomic mass is 35.5. The lowest BCUT2D eigenvalue weighted by molar-refractivity contribution is -0.113. The van der Waals surface area contributed by atoms with Gasteiger partial charge in [-0.1, -0.05) is 17.7 Å². The summed E-state index contributed by atoms with van der Waals surface area (Å²) in [6.07, 6.45) is 0. The lowest BCUT2D eigenvalue weighted by atomic mass is 9.93. The van der Waals surface area contributed by atoms with E-state index < -0.39 is 12.1 Å². The van der Waals surface area contributed by atoms with E-state index in [9.17, 15) is 9.59 Å². The smallest absolute Gasteiger partial charge is 0.319 e. The molecule has 1 atom stereocenters. The van der Waals surface area contributed by atoms with Crippen LogP contribution in [-0.4, -0.2) is 26.2 Å². The average Bonchev–Trinajstić information content (AvgIpc) is 2.66. The van der Waals surface area contributed by atoms with Gasteiger partial charge in [-0.05, 0) is 43.3 Å². The summed E-state index contributed by atoms with van der Waals surface area (Å²) >= 11 is 6.00. The van der Waals surface area contributed by atoms with Gasteiger partial charge in [-0.3, -0.25) is 4.79 Å². The molecule has 3 rings (SSSR count). The molecule has 1 aliphatic heterocycles. The Bertz CT molecular complexity index is 958. The number of hydrogen-bond acceptors (Lipinski definition) is 4. The van der Waals surface area contributed by atoms with E-state index in [1.54, 1.807) is 56.5 Å². The normalized spacial score (nSPS) is 16.1. The zero-order valence-electron chi connectivity index (χ0n) is 15.6. The summed E-state index contributed by atoms with van der Waals surface area (Å²) in [5.74, 6) is 0.729. The van der Waals surface area contributed by atoms with E-state index in [0.29, 0.717) is 39.0 Å². The Kier molecular flexibility index (Phi) is 5.75. The number of ether oxygens (including phenoxy) is 2. The van der Waals surface area contributed by atoms with Gasteiger partial charge < -0.3 is 25.4 Å². The Morgan fingerprint density at radius 3 is 2.61 bits per heavy atom. The fraction of sp³-hybridized carbons (Fsp3) is 0.200. The molecule has 3 N–H and O–H groups in total. The minimum atomic E-state index is -0.724. The zero-order valence-corrected chi connectivity index (χ0v) is 16.4. The highest BCUT2D eigenvalue weighted by Gasteiger charge is 2.33. The van der Waals surface area contributed by atoms with Gasteiger partial charge in [-0.2, -0.15) is 0 Å². The van der Waals surface area contributed by atoms with Gasteiger partial charge in [0.1, 0.15) is 11.5 Å². The standard InChI is InChI=1S/C20H20ClN3O4/c1-11-17(19(25)23-13-6-4-5-12(21)9-13)18(24-20(26)22-11)15-10-14(27-2)7-8-16(15)28-3/h4-10,18H,1-3H3,(H,23,25)(H2,22,24,26)/t18-/m0/s1. The molecule has 0 bridgehead atoms. The lowest BCUT2D eigenvalue weighted by Crippen LogP contribution is -2.46. The first-order valence-corrected chi connectivity index (χ1v) is 8.88. The molecule has 1 aliphatic rings. The van der Waals surface area contributed by atoms with Crippen LogP contribution in [0.1, 0.15) is 18.5 Å². The predicted octanol–water partition coefficient (Wildman–Crippen LogP) is 3.62. The Hall–Kier alpha value is -3.19. The second kappa shape index (κ2) is 8.22. The third-order valence-corrected chi connectivity index (χ3v) is 4.58. The van der Waals surface area contributed by atoms with Crippen molar-refractivity contribution in [1.29, 1.82) is 0 Å². The fourth-order valence-electron chi connectivity index (χ4n) is 3.06. The van der Waals surface area contributed by atoms with Crippen LogP contribution in [0.4, 0.5) is 10.5 Å². The van der Waals surface area contributed by atoms with E-state index in [4.69, 9.17) is 21.1 Å². The van der Waals surface area contributed by atoms with E-state index in [1.807, 2.05) is 0 Å². The number of rotatable bonds is 5. The average molecular weight is 402 g/mol. The van der Waals surface area contributed by atoms with Crippen LogP contribution in [-0.2, 0) is 4.79 Å². The monoisotopic (exact) mass is 401 g/mol. The maximum Gasteiger partial charge on any atom is 0.319 e. The largest absolute Gasteiger partial charge is 0.497 e. The van der Waals surface area contributed by atoms with E-state index in [1.165, 1.54) is 7.11 Å². The van der Waals surface area contributed by atoms with Crippen LogP contribution in [0.25, 0.3) is 0 Å². The fourth-order valence-corrected chi connectivity index (χ4v) is 3.25. The van der Waals surface area contributed by atoms with Gasteiger partial charge in [0.25, 0.3) is 5.91 Å². The first-order chi connectivity index (χ1) is 13.4. The quantitative estimate of drug-likeness (QED) is 0.713. The van der Waals surface area contributed by atoms with Crippen LogP contribution < -0.4 is 25.4 Å². The summed E-state index contributed by atoms with van der Waals surface area (Å²) in [6, 6.07) is 10.9. The molecule has 0 saturated heterocycles. The van der Waals surface area contributed by atoms with Crippen LogP contribution in [0.5, 0.6) is 11.5 Å². The second-order valence-electron chi connectivity index (χ2n) is 6.14. The lowest BCUT2D eigenvalue weighted by Gasteiger charge is -2.29. The molecular formula is C20H20ClN3O4. The van der Waals surface area contributed by atoms with E-state index in [-0.39, 0.29) is 5.91 Å². The number of halogens is 1. The minimum absolute atomic E-state index is 0.353. The van der Waals surface area contributed by atoms with Crippen LogP contribution in [0.2, 0.25) is 5.02 Å². The first kappa shape index (κ1) is 19.6. The van der Waals surface area contributed by atoms with E-state index in [2.05, 4.69) is 16.0 Å². The number of anilines is 1. The molecule has 8 heteroatoms. The molecule has 0 radical (unpaired) electrons. The summed E-state index contributed by atoms with van der Waals surface area (Å²) in [5, 5.41) is 8.75. The number of carbonyl (C=O) groups excluding carboxylic acids is 2. The van der Waals surface area contributed by atoms with Crippen LogP contribution in [0.3, 0.4) is 0 Å². The molecule has 0 saturated carbocycles. The molecule has 0 aliphatic carbocycles. The van der Waals surface area contributed by atoms with Crippen molar-refractivity contribution in [2.75, 3.05) is 19.5 Å². The number of urea groups is 1. The molecular weight excluding hydrogens is 382 g/mol. The van der Waals surface area contributed by atoms with Gasteiger partial charge in [-0.15, -0.1) is 0 Å². The van der Waals surface area contributed by atoms with Crippen molar-refractivity contribution in [3.05, 3.63) is 64.3 Å². The van der Waals surface area contributed by atoms with Gasteiger partial charge in [0.15, 0.2) is 0 Å². The Morgan fingerprint density at radius 1 is 1.14 bits per heavy atom. The van der Waals surface area contributed by atoms with Crippen LogP contribution in [0.15, 0.2) is 53.7 Å². The van der Waals surface area contributed by atoms with E-state index >= 15 is 0 Å². The first-order valence-electron chi connectivity index (χ1n) is 8.50. The van der Waals surface area contributed by atoms with Crippen molar-refractivity contribution in [1.82, 2.24) is 10.6 Å². The van der Waals surface area contributed by atoms with Crippen molar-refractivity contribution in [2.45, 2.75) is 13.0 Å². The number of hydrogen-bond donors (Lipinski definition) is 3. The number of nitrogens with one attached hydrogen (secondary N) is 3. The van der Waals surface area contributed by atoms with Crippen molar-refractivity contribution in [3.63, 3.8) is 0 Å². The molecule has 2 aromatic carbocycles. The third-order valence-electron chi connectivity index (χ3n) is 4.34. The highest BCUT2D eigenvalue weighted by molar-refractivity contribution is 6.31. The van der Waals surface area contributed by atoms with Gasteiger partial charge in [-0.25, -0.2) is 4.79 Å². The number of methoxy groups -OCH3 is 2. The number of carbonyl (C=O) groups is 2. The summed E-state index contributed by atoms with van der Waals surface area (Å²) in [7, 11) is 3.07. The molecule has 2 aromatic rings. The van der Waals surface area contributed by atoms with Gasteiger partial charge >= 0.3 is 6.03 Å². The summed E-state index contributed by atoms with van der Waals surface area (Å²) < 4.78 is 10.7. The molecule has 0 fully saturated rings. The van der Waals surface area contributed by atoms with Crippen molar-refractivity contribution in [3.8, 4) is 11.5 Å². The zero-order chi connectivity index (χ0) is 20.3. The minimum Gasteiger partial charge on any atom is -0.497 e. The van der Waals surface area contributed by atoms with Crippen molar-refractivity contribution in [2.24, 2.45) is 0 Å². The summed E-state index contributed by atoms with van der Waals surface area (Å²) in [6.45, 7) is 1.67. The van der Waals surface area contributed by atoms with Crippen molar-refractivity contribution < 1.29 is 19.1 Å². The maximum atomic E-state index is 13.1. The maximum absolute atomic E-state index is 13.1. The van der Waals surface area contributed by atoms with Gasteiger partial charge in [0, 0.05) is 22.0 Å². The Morgan fingerprint density at radius 2 is 1.93 bits per heavy atom. The van der Waals surface area contributed by atoms with Gasteiger partial charge in [0.2, 0.25) is 0 Å². The molecule has 1 heterocycles. The molecule has 0 aromatic heterocycles. The van der Waals surface area contributed by atoms with Crippen LogP contribution in [0, 0.1) is 0 Å². The van der Waals surface area contributed by atoms with Crippen molar-refractivity contribution >= 4 is 29.2 Å². The Balaban J connectivity index is 2.03. The molecule has 3 amide bonds. The third kappa shape index (κ3) is 4.04. The molecule has 0 spiro atoms. The SMILES string of the molecule is COc1ccc(OC)c([C@@H]2NC(=O)NC(C)=C2C(=O)Nc2cccc(Cl)c2)c1. The Labute approximate surface area is 167 Å². The topological polar surface area (TPSA) is 88.7 Å². The molecule has 7 nitrogen and oxygen atoms in total. The van der Waals surface area contributed by atoms with Crippen LogP contribution >= 0.6 is 11.6 Å². The molecule has 0 unspecified atom stereocenters. The molecule has 28 heavy (non-hydrogen) atoms. The second-order valence-corrected chi connectivity index (χ2v) is 6.58. The number of benzene rings is 2. The van der Waals surface area contributed by atoms with Gasteiger partial charge in [0.05, 0.1) is 25.8 Å². The number of allylic oxidation sites excluding steroid dienone is 1. The number of amides is 3. The summed E-state index contributed by atoms with van der Waals surface area (Å²) in [5.41, 5.74) is 1.95.